The van der Waals surface area contributed by atoms with Crippen molar-refractivity contribution in [1.82, 2.24) is 10.2 Å². The number of hydrogen-bond acceptors (Lipinski definition) is 7. The van der Waals surface area contributed by atoms with Crippen LogP contribution in [0.3, 0.4) is 0 Å². The predicted octanol–water partition coefficient (Wildman–Crippen LogP) is 2.33. The number of carbonyl (C=O) groups excluding carboxylic acids is 2. The molecular formula is C29H40N2O7. The Balaban J connectivity index is 1.75. The third kappa shape index (κ3) is 5.60. The second-order valence-electron chi connectivity index (χ2n) is 10.3. The summed E-state index contributed by atoms with van der Waals surface area (Å²) in [6.45, 7) is 3.38. The SMILES string of the molecule is C=CCCCCC(=O)N(C1CCCC1)[C@@H]1C=C(C(=O)NCCO)[C@@H]2c3cc(CO)cc(OC)c3O[C@@H]2[C@H]1O. The number of ether oxygens (including phenoxy) is 2. The predicted molar refractivity (Wildman–Crippen MR) is 142 cm³/mol. The molecule has 1 aromatic carbocycles. The first-order valence-electron chi connectivity index (χ1n) is 13.6. The van der Waals surface area contributed by atoms with Gasteiger partial charge >= 0.3 is 0 Å². The Morgan fingerprint density at radius 2 is 2.00 bits per heavy atom. The lowest BCUT2D eigenvalue weighted by molar-refractivity contribution is -0.140. The van der Waals surface area contributed by atoms with Crippen LogP contribution < -0.4 is 14.8 Å². The van der Waals surface area contributed by atoms with Gasteiger partial charge in [0, 0.05) is 30.1 Å². The largest absolute Gasteiger partial charge is 0.493 e. The van der Waals surface area contributed by atoms with Gasteiger partial charge in [0.15, 0.2) is 11.5 Å². The van der Waals surface area contributed by atoms with Crippen molar-refractivity contribution in [3.05, 3.63) is 47.6 Å². The first-order chi connectivity index (χ1) is 18.4. The van der Waals surface area contributed by atoms with Gasteiger partial charge in [0.05, 0.1) is 32.3 Å². The molecule has 0 unspecified atom stereocenters. The van der Waals surface area contributed by atoms with Gasteiger partial charge in [-0.15, -0.1) is 6.58 Å². The average molecular weight is 529 g/mol. The maximum absolute atomic E-state index is 13.6. The Morgan fingerprint density at radius 3 is 2.66 bits per heavy atom. The maximum Gasteiger partial charge on any atom is 0.247 e. The minimum atomic E-state index is -1.08. The van der Waals surface area contributed by atoms with Crippen LogP contribution in [0.1, 0.15) is 68.4 Å². The van der Waals surface area contributed by atoms with Crippen LogP contribution in [0.5, 0.6) is 11.5 Å². The summed E-state index contributed by atoms with van der Waals surface area (Å²) in [6.07, 6.45) is 8.16. The molecule has 0 radical (unpaired) electrons. The van der Waals surface area contributed by atoms with Crippen molar-refractivity contribution >= 4 is 11.8 Å². The first kappa shape index (κ1) is 28.1. The molecule has 38 heavy (non-hydrogen) atoms. The van der Waals surface area contributed by atoms with E-state index < -0.39 is 24.2 Å². The fourth-order valence-electron chi connectivity index (χ4n) is 6.08. The summed E-state index contributed by atoms with van der Waals surface area (Å²) in [4.78, 5) is 28.8. The van der Waals surface area contributed by atoms with Crippen LogP contribution in [0.15, 0.2) is 36.4 Å². The van der Waals surface area contributed by atoms with Crippen LogP contribution in [0.25, 0.3) is 0 Å². The summed E-state index contributed by atoms with van der Waals surface area (Å²) in [7, 11) is 1.50. The molecule has 9 heteroatoms. The van der Waals surface area contributed by atoms with E-state index in [0.29, 0.717) is 34.6 Å². The van der Waals surface area contributed by atoms with Crippen molar-refractivity contribution in [3.8, 4) is 11.5 Å². The number of fused-ring (bicyclic) bond motifs is 3. The summed E-state index contributed by atoms with van der Waals surface area (Å²) >= 11 is 0. The Bertz CT molecular complexity index is 1050. The lowest BCUT2D eigenvalue weighted by Gasteiger charge is -2.43. The number of aliphatic hydroxyl groups excluding tert-OH is 3. The number of nitrogens with zero attached hydrogens (tertiary/aromatic N) is 1. The molecule has 1 aromatic rings. The van der Waals surface area contributed by atoms with Crippen LogP contribution in [0, 0.1) is 0 Å². The molecule has 0 aromatic heterocycles. The van der Waals surface area contributed by atoms with Crippen molar-refractivity contribution < 1.29 is 34.4 Å². The van der Waals surface area contributed by atoms with E-state index in [9.17, 15) is 24.9 Å². The van der Waals surface area contributed by atoms with E-state index in [-0.39, 0.29) is 37.6 Å². The minimum Gasteiger partial charge on any atom is -0.493 e. The molecule has 1 aliphatic heterocycles. The highest BCUT2D eigenvalue weighted by atomic mass is 16.5. The zero-order valence-electron chi connectivity index (χ0n) is 22.1. The highest BCUT2D eigenvalue weighted by Crippen LogP contribution is 2.51. The molecule has 9 nitrogen and oxygen atoms in total. The van der Waals surface area contributed by atoms with Gasteiger partial charge in [-0.25, -0.2) is 0 Å². The van der Waals surface area contributed by atoms with E-state index in [2.05, 4.69) is 11.9 Å². The Hall–Kier alpha value is -2.88. The van der Waals surface area contributed by atoms with Crippen LogP contribution in [-0.4, -0.2) is 76.6 Å². The van der Waals surface area contributed by atoms with E-state index >= 15 is 0 Å². The summed E-state index contributed by atoms with van der Waals surface area (Å²) in [6, 6.07) is 2.68. The number of allylic oxidation sites excluding steroid dienone is 1. The number of hydrogen-bond donors (Lipinski definition) is 4. The molecule has 4 rings (SSSR count). The van der Waals surface area contributed by atoms with Crippen molar-refractivity contribution in [2.75, 3.05) is 20.3 Å². The van der Waals surface area contributed by atoms with E-state index in [1.54, 1.807) is 23.1 Å². The lowest BCUT2D eigenvalue weighted by atomic mass is 9.77. The van der Waals surface area contributed by atoms with E-state index in [1.165, 1.54) is 7.11 Å². The van der Waals surface area contributed by atoms with E-state index in [0.717, 1.165) is 44.9 Å². The highest BCUT2D eigenvalue weighted by Gasteiger charge is 2.52. The summed E-state index contributed by atoms with van der Waals surface area (Å²) in [5, 5.41) is 33.6. The molecule has 0 bridgehead atoms. The molecule has 4 N–H and O–H groups in total. The zero-order chi connectivity index (χ0) is 27.2. The molecule has 2 amide bonds. The molecule has 1 saturated carbocycles. The molecule has 4 atom stereocenters. The van der Waals surface area contributed by atoms with E-state index in [1.807, 2.05) is 6.08 Å². The standard InChI is InChI=1S/C29H40N2O7/c1-3-4-5-6-11-24(34)31(19-9-7-8-10-19)22-16-21(29(36)30-12-13-32)25-20-14-18(17-33)15-23(37-2)27(20)38-28(25)26(22)35/h3,14-16,19,22,25-26,28,32-33,35H,1,4-13,17H2,2H3,(H,30,36)/t22-,25+,26+,28+/m1/s1. The lowest BCUT2D eigenvalue weighted by Crippen LogP contribution is -2.58. The maximum atomic E-state index is 13.6. The second kappa shape index (κ2) is 12.8. The molecule has 2 aliphatic carbocycles. The number of aliphatic hydroxyl groups is 3. The van der Waals surface area contributed by atoms with Gasteiger partial charge in [-0.1, -0.05) is 18.9 Å². The van der Waals surface area contributed by atoms with Crippen molar-refractivity contribution in [2.24, 2.45) is 0 Å². The third-order valence-corrected chi connectivity index (χ3v) is 7.87. The summed E-state index contributed by atoms with van der Waals surface area (Å²) in [5.74, 6) is -0.219. The number of methoxy groups -OCH3 is 1. The topological polar surface area (TPSA) is 129 Å². The fourth-order valence-corrected chi connectivity index (χ4v) is 6.08. The normalized spacial score (nSPS) is 24.2. The number of nitrogens with one attached hydrogen (secondary N) is 1. The van der Waals surface area contributed by atoms with Gasteiger partial charge in [-0.05, 0) is 55.9 Å². The van der Waals surface area contributed by atoms with Gasteiger partial charge in [-0.2, -0.15) is 0 Å². The monoisotopic (exact) mass is 528 g/mol. The number of carbonyl (C=O) groups is 2. The van der Waals surface area contributed by atoms with Crippen molar-refractivity contribution in [3.63, 3.8) is 0 Å². The molecule has 0 saturated heterocycles. The van der Waals surface area contributed by atoms with Gasteiger partial charge in [0.2, 0.25) is 11.8 Å². The Morgan fingerprint density at radius 1 is 1.24 bits per heavy atom. The quantitative estimate of drug-likeness (QED) is 0.242. The van der Waals surface area contributed by atoms with Crippen molar-refractivity contribution in [1.29, 1.82) is 0 Å². The smallest absolute Gasteiger partial charge is 0.247 e. The Labute approximate surface area is 224 Å². The third-order valence-electron chi connectivity index (χ3n) is 7.87. The molecule has 208 valence electrons. The van der Waals surface area contributed by atoms with Crippen LogP contribution in [0.2, 0.25) is 0 Å². The highest BCUT2D eigenvalue weighted by molar-refractivity contribution is 5.96. The second-order valence-corrected chi connectivity index (χ2v) is 10.3. The summed E-state index contributed by atoms with van der Waals surface area (Å²) in [5.41, 5.74) is 1.61. The molecule has 0 spiro atoms. The number of unbranched alkanes of at least 4 members (excludes halogenated alkanes) is 2. The van der Waals surface area contributed by atoms with E-state index in [4.69, 9.17) is 9.47 Å². The number of benzene rings is 1. The molecule has 1 heterocycles. The number of amides is 2. The molecular weight excluding hydrogens is 488 g/mol. The van der Waals surface area contributed by atoms with Gasteiger partial charge in [-0.3, -0.25) is 9.59 Å². The minimum absolute atomic E-state index is 0.0181. The molecule has 1 fully saturated rings. The zero-order valence-corrected chi connectivity index (χ0v) is 22.1. The van der Waals surface area contributed by atoms with Crippen LogP contribution in [0.4, 0.5) is 0 Å². The summed E-state index contributed by atoms with van der Waals surface area (Å²) < 4.78 is 11.8. The van der Waals surface area contributed by atoms with Gasteiger partial charge < -0.3 is 35.0 Å². The first-order valence-corrected chi connectivity index (χ1v) is 13.6. The van der Waals surface area contributed by atoms with Gasteiger partial charge in [0.25, 0.3) is 0 Å². The molecule has 3 aliphatic rings. The fraction of sp³-hybridized carbons (Fsp3) is 0.586. The van der Waals surface area contributed by atoms with Gasteiger partial charge in [0.1, 0.15) is 12.2 Å². The number of rotatable bonds is 12. The average Bonchev–Trinajstić information content (AvgIpc) is 3.59. The van der Waals surface area contributed by atoms with Crippen LogP contribution >= 0.6 is 0 Å². The van der Waals surface area contributed by atoms with Crippen molar-refractivity contribution in [2.45, 2.75) is 88.2 Å². The Kier molecular flexibility index (Phi) is 9.46. The van der Waals surface area contributed by atoms with Crippen LogP contribution in [-0.2, 0) is 16.2 Å².